The van der Waals surface area contributed by atoms with Crippen LogP contribution >= 0.6 is 15.9 Å². The van der Waals surface area contributed by atoms with E-state index in [0.29, 0.717) is 24.8 Å². The summed E-state index contributed by atoms with van der Waals surface area (Å²) in [5, 5.41) is 0. The molecule has 2 aromatic carbocycles. The van der Waals surface area contributed by atoms with Gasteiger partial charge in [-0.15, -0.1) is 0 Å². The molecule has 4 rings (SSSR count). The Balaban J connectivity index is 1.42. The molecule has 2 aliphatic heterocycles. The first kappa shape index (κ1) is 22.6. The van der Waals surface area contributed by atoms with E-state index in [1.165, 1.54) is 30.4 Å². The molecule has 0 saturated carbocycles. The highest BCUT2D eigenvalue weighted by Gasteiger charge is 2.28. The fourth-order valence-corrected chi connectivity index (χ4v) is 5.14. The van der Waals surface area contributed by atoms with Gasteiger partial charge in [-0.05, 0) is 61.9 Å². The van der Waals surface area contributed by atoms with E-state index in [0.717, 1.165) is 42.2 Å². The number of hydrogen-bond donors (Lipinski definition) is 0. The molecule has 1 fully saturated rings. The van der Waals surface area contributed by atoms with Crippen molar-refractivity contribution in [3.63, 3.8) is 0 Å². The number of ether oxygens (including phenoxy) is 2. The predicted octanol–water partition coefficient (Wildman–Crippen LogP) is 6.25. The molecule has 0 N–H and O–H groups in total. The fraction of sp³-hybridized carbons (Fsp3) is 0.538. The van der Waals surface area contributed by atoms with E-state index in [1.807, 2.05) is 0 Å². The van der Waals surface area contributed by atoms with Gasteiger partial charge < -0.3 is 9.47 Å². The standard InChI is InChI=1S/C26H35BrN2O2/c1-19(2)9-12-29(17-22-15-25-26(16-24(22)27)31-18-30-25)23-10-13-28(14-11-23)20(3)21-7-5-4-6-8-21/h4-8,15-16,19-20,23H,9-14,17-18H2,1-3H3. The van der Waals surface area contributed by atoms with Gasteiger partial charge in [-0.3, -0.25) is 9.80 Å². The van der Waals surface area contributed by atoms with Crippen LogP contribution in [-0.2, 0) is 6.54 Å². The first-order valence-electron chi connectivity index (χ1n) is 11.6. The van der Waals surface area contributed by atoms with Crippen LogP contribution in [0.15, 0.2) is 46.9 Å². The summed E-state index contributed by atoms with van der Waals surface area (Å²) < 4.78 is 12.3. The quantitative estimate of drug-likeness (QED) is 0.439. The van der Waals surface area contributed by atoms with E-state index >= 15 is 0 Å². The molecule has 0 amide bonds. The zero-order valence-electron chi connectivity index (χ0n) is 19.0. The van der Waals surface area contributed by atoms with Gasteiger partial charge in [0.1, 0.15) is 0 Å². The molecule has 2 aliphatic rings. The van der Waals surface area contributed by atoms with Gasteiger partial charge in [0.15, 0.2) is 11.5 Å². The van der Waals surface area contributed by atoms with Crippen LogP contribution in [0.5, 0.6) is 11.5 Å². The van der Waals surface area contributed by atoms with E-state index < -0.39 is 0 Å². The highest BCUT2D eigenvalue weighted by Crippen LogP contribution is 2.38. The highest BCUT2D eigenvalue weighted by molar-refractivity contribution is 9.10. The Morgan fingerprint density at radius 2 is 1.71 bits per heavy atom. The number of halogens is 1. The van der Waals surface area contributed by atoms with Crippen LogP contribution in [0.1, 0.15) is 57.2 Å². The van der Waals surface area contributed by atoms with Crippen LogP contribution in [-0.4, -0.2) is 42.3 Å². The van der Waals surface area contributed by atoms with Gasteiger partial charge in [0.05, 0.1) is 0 Å². The van der Waals surface area contributed by atoms with Crippen LogP contribution < -0.4 is 9.47 Å². The minimum Gasteiger partial charge on any atom is -0.454 e. The first-order valence-corrected chi connectivity index (χ1v) is 12.4. The summed E-state index contributed by atoms with van der Waals surface area (Å²) in [6, 6.07) is 16.2. The lowest BCUT2D eigenvalue weighted by Crippen LogP contribution is -2.45. The largest absolute Gasteiger partial charge is 0.454 e. The minimum absolute atomic E-state index is 0.320. The molecular formula is C26H35BrN2O2. The third-order valence-corrected chi connectivity index (χ3v) is 7.49. The molecule has 1 atom stereocenters. The Labute approximate surface area is 195 Å². The summed E-state index contributed by atoms with van der Waals surface area (Å²) in [7, 11) is 0. The van der Waals surface area contributed by atoms with Crippen molar-refractivity contribution < 1.29 is 9.47 Å². The summed E-state index contributed by atoms with van der Waals surface area (Å²) >= 11 is 3.77. The predicted molar refractivity (Wildman–Crippen MR) is 130 cm³/mol. The van der Waals surface area contributed by atoms with E-state index in [4.69, 9.17) is 9.47 Å². The number of likely N-dealkylation sites (tertiary alicyclic amines) is 1. The molecule has 1 unspecified atom stereocenters. The van der Waals surface area contributed by atoms with Crippen LogP contribution in [0.25, 0.3) is 0 Å². The van der Waals surface area contributed by atoms with Crippen LogP contribution in [0.2, 0.25) is 0 Å². The Hall–Kier alpha value is -1.56. The first-order chi connectivity index (χ1) is 15.0. The zero-order chi connectivity index (χ0) is 21.8. The van der Waals surface area contributed by atoms with Gasteiger partial charge in [-0.2, -0.15) is 0 Å². The number of rotatable bonds is 8. The van der Waals surface area contributed by atoms with Gasteiger partial charge >= 0.3 is 0 Å². The molecule has 0 radical (unpaired) electrons. The third kappa shape index (κ3) is 5.63. The smallest absolute Gasteiger partial charge is 0.231 e. The number of piperidine rings is 1. The number of benzene rings is 2. The normalized spacial score (nSPS) is 18.1. The number of fused-ring (bicyclic) bond motifs is 1. The zero-order valence-corrected chi connectivity index (χ0v) is 20.6. The Bertz CT molecular complexity index is 850. The Morgan fingerprint density at radius 3 is 2.39 bits per heavy atom. The lowest BCUT2D eigenvalue weighted by molar-refractivity contribution is 0.0798. The topological polar surface area (TPSA) is 24.9 Å². The average Bonchev–Trinajstić information content (AvgIpc) is 3.24. The van der Waals surface area contributed by atoms with E-state index in [9.17, 15) is 0 Å². The van der Waals surface area contributed by atoms with Crippen molar-refractivity contribution in [2.24, 2.45) is 5.92 Å². The van der Waals surface area contributed by atoms with E-state index in [1.54, 1.807) is 0 Å². The molecular weight excluding hydrogens is 452 g/mol. The maximum atomic E-state index is 5.63. The fourth-order valence-electron chi connectivity index (χ4n) is 4.69. The van der Waals surface area contributed by atoms with Crippen molar-refractivity contribution in [3.05, 3.63) is 58.1 Å². The average molecular weight is 487 g/mol. The molecule has 1 saturated heterocycles. The van der Waals surface area contributed by atoms with Gasteiger partial charge in [-0.1, -0.05) is 60.1 Å². The summed E-state index contributed by atoms with van der Waals surface area (Å²) in [4.78, 5) is 5.34. The Morgan fingerprint density at radius 1 is 1.03 bits per heavy atom. The summed E-state index contributed by atoms with van der Waals surface area (Å²) in [5.41, 5.74) is 2.70. The molecule has 0 spiro atoms. The van der Waals surface area contributed by atoms with Crippen LogP contribution in [0, 0.1) is 5.92 Å². The monoisotopic (exact) mass is 486 g/mol. The SMILES string of the molecule is CC(C)CCN(Cc1cc2c(cc1Br)OCO2)C1CCN(C(C)c2ccccc2)CC1. The van der Waals surface area contributed by atoms with Crippen molar-refractivity contribution in [1.29, 1.82) is 0 Å². The lowest BCUT2D eigenvalue weighted by atomic mass is 9.97. The van der Waals surface area contributed by atoms with Gasteiger partial charge in [0, 0.05) is 36.2 Å². The van der Waals surface area contributed by atoms with Gasteiger partial charge in [-0.25, -0.2) is 0 Å². The number of nitrogens with zero attached hydrogens (tertiary/aromatic N) is 2. The third-order valence-electron chi connectivity index (χ3n) is 6.75. The van der Waals surface area contributed by atoms with E-state index in [2.05, 4.69) is 89.0 Å². The van der Waals surface area contributed by atoms with Crippen LogP contribution in [0.3, 0.4) is 0 Å². The molecule has 168 valence electrons. The minimum atomic E-state index is 0.320. The highest BCUT2D eigenvalue weighted by atomic mass is 79.9. The second-order valence-corrected chi connectivity index (χ2v) is 10.2. The molecule has 0 aliphatic carbocycles. The second-order valence-electron chi connectivity index (χ2n) is 9.30. The van der Waals surface area contributed by atoms with Gasteiger partial charge in [0.2, 0.25) is 6.79 Å². The maximum Gasteiger partial charge on any atom is 0.231 e. The summed E-state index contributed by atoms with van der Waals surface area (Å²) in [5.74, 6) is 2.42. The van der Waals surface area contributed by atoms with Crippen molar-refractivity contribution in [3.8, 4) is 11.5 Å². The van der Waals surface area contributed by atoms with E-state index in [-0.39, 0.29) is 0 Å². The molecule has 0 bridgehead atoms. The number of hydrogen-bond acceptors (Lipinski definition) is 4. The van der Waals surface area contributed by atoms with Crippen LogP contribution in [0.4, 0.5) is 0 Å². The Kier molecular flexibility index (Phi) is 7.57. The van der Waals surface area contributed by atoms with Crippen molar-refractivity contribution in [2.45, 2.75) is 58.7 Å². The molecule has 5 heteroatoms. The molecule has 2 aromatic rings. The van der Waals surface area contributed by atoms with Crippen molar-refractivity contribution >= 4 is 15.9 Å². The van der Waals surface area contributed by atoms with Gasteiger partial charge in [0.25, 0.3) is 0 Å². The second kappa shape index (κ2) is 10.4. The summed E-state index contributed by atoms with van der Waals surface area (Å²) in [6.07, 6.45) is 3.66. The molecule has 4 nitrogen and oxygen atoms in total. The lowest BCUT2D eigenvalue weighted by Gasteiger charge is -2.41. The molecule has 31 heavy (non-hydrogen) atoms. The molecule has 2 heterocycles. The van der Waals surface area contributed by atoms with Crippen molar-refractivity contribution in [1.82, 2.24) is 9.80 Å². The molecule has 0 aromatic heterocycles. The summed E-state index contributed by atoms with van der Waals surface area (Å²) in [6.45, 7) is 11.7. The maximum absolute atomic E-state index is 5.63. The van der Waals surface area contributed by atoms with Crippen molar-refractivity contribution in [2.75, 3.05) is 26.4 Å².